The van der Waals surface area contributed by atoms with Crippen LogP contribution in [0, 0.1) is 13.8 Å². The number of carbonyl (C=O) groups is 1. The van der Waals surface area contributed by atoms with Gasteiger partial charge in [-0.2, -0.15) is 4.68 Å². The van der Waals surface area contributed by atoms with Crippen molar-refractivity contribution in [3.63, 3.8) is 0 Å². The van der Waals surface area contributed by atoms with Gasteiger partial charge in [0, 0.05) is 27.0 Å². The molecule has 4 aromatic rings. The number of nitrogens with one attached hydrogen (secondary N) is 2. The molecule has 9 nitrogen and oxygen atoms in total. The number of benzene rings is 3. The van der Waals surface area contributed by atoms with Gasteiger partial charge in [-0.25, -0.2) is 0 Å². The summed E-state index contributed by atoms with van der Waals surface area (Å²) in [6.45, 7) is 5.99. The maximum Gasteiger partial charge on any atom is 0.255 e. The molecule has 1 aliphatic rings. The second kappa shape index (κ2) is 11.5. The molecular formula is C28H25BrCl2N6O3. The molecule has 5 rings (SSSR count). The van der Waals surface area contributed by atoms with Crippen molar-refractivity contribution in [3.05, 3.63) is 96.6 Å². The number of allylic oxidation sites excluding steroid dienone is 1. The van der Waals surface area contributed by atoms with Crippen LogP contribution in [0.4, 0.5) is 11.6 Å². The predicted molar refractivity (Wildman–Crippen MR) is 158 cm³/mol. The van der Waals surface area contributed by atoms with Crippen molar-refractivity contribution in [2.45, 2.75) is 33.4 Å². The number of anilines is 2. The van der Waals surface area contributed by atoms with Crippen molar-refractivity contribution in [1.29, 1.82) is 0 Å². The van der Waals surface area contributed by atoms with Gasteiger partial charge in [-0.15, -0.1) is 0 Å². The van der Waals surface area contributed by atoms with E-state index < -0.39 is 6.04 Å². The Labute approximate surface area is 249 Å². The van der Waals surface area contributed by atoms with E-state index in [1.165, 1.54) is 0 Å². The van der Waals surface area contributed by atoms with Gasteiger partial charge in [-0.3, -0.25) is 4.79 Å². The lowest BCUT2D eigenvalue weighted by Crippen LogP contribution is -2.31. The van der Waals surface area contributed by atoms with E-state index in [1.807, 2.05) is 57.2 Å². The molecular weight excluding hydrogens is 619 g/mol. The maximum atomic E-state index is 13.8. The smallest absolute Gasteiger partial charge is 0.255 e. The molecule has 0 saturated heterocycles. The molecule has 0 spiro atoms. The van der Waals surface area contributed by atoms with Crippen LogP contribution in [0.5, 0.6) is 11.5 Å². The summed E-state index contributed by atoms with van der Waals surface area (Å²) in [6.07, 6.45) is 0. The van der Waals surface area contributed by atoms with Crippen molar-refractivity contribution in [3.8, 4) is 11.5 Å². The van der Waals surface area contributed by atoms with Crippen LogP contribution in [0.3, 0.4) is 0 Å². The van der Waals surface area contributed by atoms with Gasteiger partial charge < -0.3 is 20.1 Å². The Balaban J connectivity index is 1.52. The molecule has 0 bridgehead atoms. The number of methoxy groups -OCH3 is 1. The van der Waals surface area contributed by atoms with Crippen molar-refractivity contribution in [2.75, 3.05) is 17.7 Å². The third kappa shape index (κ3) is 5.39. The van der Waals surface area contributed by atoms with Crippen molar-refractivity contribution in [1.82, 2.24) is 20.2 Å². The molecule has 0 saturated carbocycles. The van der Waals surface area contributed by atoms with Crippen molar-refractivity contribution in [2.24, 2.45) is 0 Å². The minimum Gasteiger partial charge on any atom is -0.493 e. The highest BCUT2D eigenvalue weighted by Crippen LogP contribution is 2.43. The summed E-state index contributed by atoms with van der Waals surface area (Å²) in [5, 5.41) is 19.4. The SMILES string of the molecule is COc1cc(C2C(C(=O)Nc3cccc(C)c3C)=C(C)Nc3nnnn32)cc(Br)c1OCc1ccc(Cl)cc1Cl. The number of tetrazole rings is 1. The average Bonchev–Trinajstić information content (AvgIpc) is 3.38. The Morgan fingerprint density at radius 2 is 1.95 bits per heavy atom. The lowest BCUT2D eigenvalue weighted by atomic mass is 9.94. The highest BCUT2D eigenvalue weighted by molar-refractivity contribution is 9.10. The van der Waals surface area contributed by atoms with Crippen molar-refractivity contribution < 1.29 is 14.3 Å². The van der Waals surface area contributed by atoms with Crippen LogP contribution in [-0.2, 0) is 11.4 Å². The molecule has 2 N–H and O–H groups in total. The number of aromatic nitrogens is 4. The van der Waals surface area contributed by atoms with E-state index in [9.17, 15) is 4.79 Å². The Hall–Kier alpha value is -3.60. The number of fused-ring (bicyclic) bond motifs is 1. The predicted octanol–water partition coefficient (Wildman–Crippen LogP) is 6.87. The molecule has 0 radical (unpaired) electrons. The fourth-order valence-corrected chi connectivity index (χ4v) is 5.55. The van der Waals surface area contributed by atoms with Gasteiger partial charge in [0.2, 0.25) is 5.95 Å². The van der Waals surface area contributed by atoms with E-state index in [2.05, 4.69) is 42.1 Å². The Morgan fingerprint density at radius 1 is 1.15 bits per heavy atom. The van der Waals surface area contributed by atoms with Crippen LogP contribution in [0.25, 0.3) is 0 Å². The Morgan fingerprint density at radius 3 is 2.70 bits per heavy atom. The summed E-state index contributed by atoms with van der Waals surface area (Å²) in [6, 6.07) is 14.0. The molecule has 1 aliphatic heterocycles. The van der Waals surface area contributed by atoms with Gasteiger partial charge in [0.05, 0.1) is 17.2 Å². The molecule has 3 aromatic carbocycles. The van der Waals surface area contributed by atoms with Crippen LogP contribution in [0.2, 0.25) is 10.0 Å². The summed E-state index contributed by atoms with van der Waals surface area (Å²) in [4.78, 5) is 13.8. The first-order valence-corrected chi connectivity index (χ1v) is 13.8. The van der Waals surface area contributed by atoms with Crippen LogP contribution in [0.1, 0.15) is 35.2 Å². The van der Waals surface area contributed by atoms with Crippen LogP contribution in [0.15, 0.2) is 64.3 Å². The quantitative estimate of drug-likeness (QED) is 0.226. The minimum absolute atomic E-state index is 0.192. The molecule has 40 heavy (non-hydrogen) atoms. The highest BCUT2D eigenvalue weighted by atomic mass is 79.9. The Bertz CT molecular complexity index is 1660. The lowest BCUT2D eigenvalue weighted by molar-refractivity contribution is -0.113. The fraction of sp³-hybridized carbons (Fsp3) is 0.214. The first-order valence-electron chi connectivity index (χ1n) is 12.2. The number of hydrogen-bond acceptors (Lipinski definition) is 7. The van der Waals surface area contributed by atoms with Crippen LogP contribution < -0.4 is 20.1 Å². The van der Waals surface area contributed by atoms with Gasteiger partial charge >= 0.3 is 0 Å². The Kier molecular flexibility index (Phi) is 8.02. The zero-order valence-corrected chi connectivity index (χ0v) is 25.1. The monoisotopic (exact) mass is 642 g/mol. The molecule has 0 fully saturated rings. The maximum absolute atomic E-state index is 13.8. The zero-order chi connectivity index (χ0) is 28.6. The van der Waals surface area contributed by atoms with E-state index in [4.69, 9.17) is 32.7 Å². The first kappa shape index (κ1) is 27.9. The molecule has 0 aliphatic carbocycles. The molecule has 1 unspecified atom stereocenters. The molecule has 1 amide bonds. The second-order valence-corrected chi connectivity index (χ2v) is 11.0. The average molecular weight is 644 g/mol. The topological polar surface area (TPSA) is 103 Å². The van der Waals surface area contributed by atoms with Gasteiger partial charge in [-0.05, 0) is 94.2 Å². The van der Waals surface area contributed by atoms with Gasteiger partial charge in [0.25, 0.3) is 5.91 Å². The minimum atomic E-state index is -0.652. The summed E-state index contributed by atoms with van der Waals surface area (Å²) < 4.78 is 14.0. The number of carbonyl (C=O) groups excluding carboxylic acids is 1. The number of halogens is 3. The number of amides is 1. The fourth-order valence-electron chi connectivity index (χ4n) is 4.52. The van der Waals surface area contributed by atoms with Gasteiger partial charge in [0.1, 0.15) is 12.6 Å². The zero-order valence-electron chi connectivity index (χ0n) is 22.1. The summed E-state index contributed by atoms with van der Waals surface area (Å²) in [7, 11) is 1.55. The van der Waals surface area contributed by atoms with Gasteiger partial charge in [-0.1, -0.05) is 46.5 Å². The van der Waals surface area contributed by atoms with Gasteiger partial charge in [0.15, 0.2) is 11.5 Å². The van der Waals surface area contributed by atoms with E-state index in [-0.39, 0.29) is 12.5 Å². The summed E-state index contributed by atoms with van der Waals surface area (Å²) >= 11 is 16.0. The largest absolute Gasteiger partial charge is 0.493 e. The van der Waals surface area contributed by atoms with E-state index >= 15 is 0 Å². The van der Waals surface area contributed by atoms with E-state index in [0.29, 0.717) is 48.8 Å². The summed E-state index contributed by atoms with van der Waals surface area (Å²) in [5.41, 5.74) is 5.36. The molecule has 12 heteroatoms. The number of ether oxygens (including phenoxy) is 2. The first-order chi connectivity index (χ1) is 19.2. The highest BCUT2D eigenvalue weighted by Gasteiger charge is 2.35. The normalized spacial score (nSPS) is 14.4. The number of rotatable bonds is 7. The van der Waals surface area contributed by atoms with Crippen molar-refractivity contribution >= 4 is 56.7 Å². The number of nitrogens with zero attached hydrogens (tertiary/aromatic N) is 4. The third-order valence-electron chi connectivity index (χ3n) is 6.77. The van der Waals surface area contributed by atoms with E-state index in [0.717, 1.165) is 22.4 Å². The lowest BCUT2D eigenvalue weighted by Gasteiger charge is -2.29. The summed E-state index contributed by atoms with van der Waals surface area (Å²) in [5.74, 6) is 1.07. The molecule has 1 aromatic heterocycles. The molecule has 206 valence electrons. The third-order valence-corrected chi connectivity index (χ3v) is 7.94. The number of hydrogen-bond donors (Lipinski definition) is 2. The van der Waals surface area contributed by atoms with Crippen LogP contribution >= 0.6 is 39.1 Å². The second-order valence-electron chi connectivity index (χ2n) is 9.27. The van der Waals surface area contributed by atoms with Crippen LogP contribution in [-0.4, -0.2) is 33.2 Å². The van der Waals surface area contributed by atoms with E-state index in [1.54, 1.807) is 23.9 Å². The standard InChI is InChI=1S/C28H25BrCl2N6O3/c1-14-6-5-7-22(15(14)2)33-27(38)24-16(3)32-28-34-35-36-37(28)25(24)18-10-20(29)26(23(11-18)39-4)40-13-17-8-9-19(30)12-21(17)31/h5-12,25H,13H2,1-4H3,(H,33,38)(H,32,34,36). The molecule has 2 heterocycles. The number of aryl methyl sites for hydroxylation is 1. The molecule has 1 atom stereocenters.